The van der Waals surface area contributed by atoms with Gasteiger partial charge in [0, 0.05) is 13.0 Å². The van der Waals surface area contributed by atoms with E-state index in [1.807, 2.05) is 18.2 Å². The summed E-state index contributed by atoms with van der Waals surface area (Å²) in [6.07, 6.45) is 6.47. The van der Waals surface area contributed by atoms with E-state index >= 15 is 0 Å². The van der Waals surface area contributed by atoms with Crippen molar-refractivity contribution in [1.82, 2.24) is 14.8 Å². The molecule has 2 aromatic rings. The van der Waals surface area contributed by atoms with Crippen molar-refractivity contribution in [2.75, 3.05) is 13.2 Å². The molecule has 0 bridgehead atoms. The van der Waals surface area contributed by atoms with Gasteiger partial charge in [-0.1, -0.05) is 25.0 Å². The highest BCUT2D eigenvalue weighted by molar-refractivity contribution is 7.18. The van der Waals surface area contributed by atoms with Crippen LogP contribution in [0.2, 0.25) is 0 Å². The van der Waals surface area contributed by atoms with Gasteiger partial charge in [0.15, 0.2) is 0 Å². The van der Waals surface area contributed by atoms with Gasteiger partial charge in [-0.15, -0.1) is 11.3 Å². The highest BCUT2D eigenvalue weighted by Gasteiger charge is 2.53. The molecule has 6 heteroatoms. The largest absolute Gasteiger partial charge is 0.276 e. The Labute approximate surface area is 157 Å². The van der Waals surface area contributed by atoms with Gasteiger partial charge >= 0.3 is 0 Å². The van der Waals surface area contributed by atoms with Crippen LogP contribution in [0.5, 0.6) is 0 Å². The lowest BCUT2D eigenvalue weighted by Crippen LogP contribution is -2.42. The van der Waals surface area contributed by atoms with Gasteiger partial charge in [-0.05, 0) is 37.8 Å². The molecule has 0 N–H and O–H groups in total. The zero-order valence-corrected chi connectivity index (χ0v) is 15.6. The highest BCUT2D eigenvalue weighted by atomic mass is 32.1. The molecular weight excluding hydrogens is 346 g/mol. The Morgan fingerprint density at radius 2 is 1.96 bits per heavy atom. The van der Waals surface area contributed by atoms with Crippen LogP contribution in [0.1, 0.15) is 56.0 Å². The Morgan fingerprint density at radius 1 is 1.15 bits per heavy atom. The molecule has 2 saturated heterocycles. The van der Waals surface area contributed by atoms with E-state index < -0.39 is 0 Å². The molecule has 1 saturated carbocycles. The Balaban J connectivity index is 1.38. The number of nitrogens with zero attached hydrogens (tertiary/aromatic N) is 3. The zero-order valence-electron chi connectivity index (χ0n) is 14.8. The first kappa shape index (κ1) is 16.4. The number of hydrogen-bond donors (Lipinski definition) is 0. The van der Waals surface area contributed by atoms with Gasteiger partial charge in [-0.2, -0.15) is 0 Å². The van der Waals surface area contributed by atoms with Crippen molar-refractivity contribution in [3.63, 3.8) is 0 Å². The molecule has 136 valence electrons. The second-order valence-corrected chi connectivity index (χ2v) is 8.99. The smallest absolute Gasteiger partial charge is 0.237 e. The van der Waals surface area contributed by atoms with Crippen LogP contribution >= 0.6 is 11.3 Å². The summed E-state index contributed by atoms with van der Waals surface area (Å²) in [7, 11) is 0. The van der Waals surface area contributed by atoms with Crippen LogP contribution in [-0.2, 0) is 9.59 Å². The summed E-state index contributed by atoms with van der Waals surface area (Å²) in [5.74, 6) is 0.0989. The number of fused-ring (bicyclic) bond motifs is 1. The van der Waals surface area contributed by atoms with Crippen LogP contribution in [0, 0.1) is 5.41 Å². The molecule has 2 aliphatic heterocycles. The van der Waals surface area contributed by atoms with Gasteiger partial charge in [0.1, 0.15) is 5.01 Å². The molecule has 2 amide bonds. The van der Waals surface area contributed by atoms with E-state index in [0.29, 0.717) is 13.1 Å². The molecular formula is C20H23N3O2S. The van der Waals surface area contributed by atoms with Crippen LogP contribution < -0.4 is 0 Å². The third-order valence-corrected chi connectivity index (χ3v) is 7.47. The quantitative estimate of drug-likeness (QED) is 0.774. The number of para-hydroxylation sites is 1. The van der Waals surface area contributed by atoms with Gasteiger partial charge < -0.3 is 0 Å². The van der Waals surface area contributed by atoms with Crippen molar-refractivity contribution in [2.24, 2.45) is 5.41 Å². The summed E-state index contributed by atoms with van der Waals surface area (Å²) in [4.78, 5) is 34.2. The molecule has 5 rings (SSSR count). The van der Waals surface area contributed by atoms with E-state index in [1.54, 1.807) is 11.3 Å². The first-order chi connectivity index (χ1) is 12.7. The van der Waals surface area contributed by atoms with E-state index in [2.05, 4.69) is 11.0 Å². The Morgan fingerprint density at radius 3 is 2.77 bits per heavy atom. The molecule has 26 heavy (non-hydrogen) atoms. The summed E-state index contributed by atoms with van der Waals surface area (Å²) >= 11 is 1.74. The molecule has 3 fully saturated rings. The molecule has 1 atom stereocenters. The predicted octanol–water partition coefficient (Wildman–Crippen LogP) is 3.71. The van der Waals surface area contributed by atoms with Crippen LogP contribution in [-0.4, -0.2) is 39.8 Å². The van der Waals surface area contributed by atoms with Crippen molar-refractivity contribution < 1.29 is 9.59 Å². The molecule has 1 aliphatic carbocycles. The van der Waals surface area contributed by atoms with Crippen LogP contribution in [0.25, 0.3) is 10.2 Å². The molecule has 0 radical (unpaired) electrons. The minimum Gasteiger partial charge on any atom is -0.276 e. The van der Waals surface area contributed by atoms with Crippen molar-refractivity contribution in [2.45, 2.75) is 51.0 Å². The standard InChI is InChI=1S/C20H23N3O2S/c24-17-12-20(9-3-4-10-20)19(25)23(17)13-22-11-5-7-15(22)18-21-14-6-1-2-8-16(14)26-18/h1-2,6,8,15H,3-5,7,9-13H2/t15-/m0/s1. The lowest BCUT2D eigenvalue weighted by Gasteiger charge is -2.28. The predicted molar refractivity (Wildman–Crippen MR) is 101 cm³/mol. The number of amides is 2. The number of benzene rings is 1. The highest BCUT2D eigenvalue weighted by Crippen LogP contribution is 2.47. The van der Waals surface area contributed by atoms with Gasteiger partial charge in [0.2, 0.25) is 11.8 Å². The third-order valence-electron chi connectivity index (χ3n) is 6.33. The monoisotopic (exact) mass is 369 g/mol. The van der Waals surface area contributed by atoms with E-state index in [1.165, 1.54) is 9.60 Å². The van der Waals surface area contributed by atoms with E-state index in [-0.39, 0.29) is 23.3 Å². The number of carbonyl (C=O) groups is 2. The van der Waals surface area contributed by atoms with Crippen LogP contribution in [0.3, 0.4) is 0 Å². The summed E-state index contributed by atoms with van der Waals surface area (Å²) in [6.45, 7) is 1.35. The normalized spacial score (nSPS) is 26.0. The van der Waals surface area contributed by atoms with Crippen LogP contribution in [0.4, 0.5) is 0 Å². The third kappa shape index (κ3) is 2.50. The van der Waals surface area contributed by atoms with Crippen LogP contribution in [0.15, 0.2) is 24.3 Å². The Kier molecular flexibility index (Phi) is 3.87. The van der Waals surface area contributed by atoms with Gasteiger partial charge in [-0.25, -0.2) is 4.98 Å². The fraction of sp³-hybridized carbons (Fsp3) is 0.550. The van der Waals surface area contributed by atoms with Crippen molar-refractivity contribution in [3.8, 4) is 0 Å². The number of aromatic nitrogens is 1. The second kappa shape index (κ2) is 6.13. The summed E-state index contributed by atoms with van der Waals surface area (Å²) in [5, 5.41) is 1.11. The van der Waals surface area contributed by atoms with Gasteiger partial charge in [-0.3, -0.25) is 19.4 Å². The minimum absolute atomic E-state index is 0.0202. The number of carbonyl (C=O) groups excluding carboxylic acids is 2. The number of likely N-dealkylation sites (tertiary alicyclic amines) is 2. The summed E-state index contributed by atoms with van der Waals surface area (Å²) in [6, 6.07) is 8.42. The van der Waals surface area contributed by atoms with Gasteiger partial charge in [0.25, 0.3) is 0 Å². The maximum Gasteiger partial charge on any atom is 0.237 e. The Hall–Kier alpha value is -1.79. The average Bonchev–Trinajstić information content (AvgIpc) is 3.39. The number of thiazole rings is 1. The average molecular weight is 369 g/mol. The van der Waals surface area contributed by atoms with Crippen molar-refractivity contribution in [1.29, 1.82) is 0 Å². The van der Waals surface area contributed by atoms with E-state index in [4.69, 9.17) is 4.98 Å². The van der Waals surface area contributed by atoms with E-state index in [9.17, 15) is 9.59 Å². The first-order valence-corrected chi connectivity index (χ1v) is 10.4. The zero-order chi connectivity index (χ0) is 17.7. The lowest BCUT2D eigenvalue weighted by atomic mass is 9.85. The molecule has 1 aromatic heterocycles. The maximum absolute atomic E-state index is 13.0. The summed E-state index contributed by atoms with van der Waals surface area (Å²) in [5.41, 5.74) is 0.667. The second-order valence-electron chi connectivity index (χ2n) is 7.92. The molecule has 3 aliphatic rings. The maximum atomic E-state index is 13.0. The fourth-order valence-corrected chi connectivity index (χ4v) is 6.07. The first-order valence-electron chi connectivity index (χ1n) is 9.61. The van der Waals surface area contributed by atoms with Crippen molar-refractivity contribution in [3.05, 3.63) is 29.3 Å². The SMILES string of the molecule is O=C1CC2(CCCC2)C(=O)N1CN1CCC[C@H]1c1nc2ccccc2s1. The summed E-state index contributed by atoms with van der Waals surface area (Å²) < 4.78 is 1.20. The molecule has 5 nitrogen and oxygen atoms in total. The van der Waals surface area contributed by atoms with E-state index in [0.717, 1.165) is 55.6 Å². The minimum atomic E-state index is -0.373. The van der Waals surface area contributed by atoms with Crippen molar-refractivity contribution >= 4 is 33.4 Å². The lowest BCUT2D eigenvalue weighted by molar-refractivity contribution is -0.144. The number of hydrogen-bond acceptors (Lipinski definition) is 5. The fourth-order valence-electron chi connectivity index (χ4n) is 4.93. The molecule has 1 spiro atoms. The topological polar surface area (TPSA) is 53.5 Å². The molecule has 0 unspecified atom stereocenters. The number of imide groups is 1. The molecule has 1 aromatic carbocycles. The Bertz CT molecular complexity index is 838. The number of rotatable bonds is 3. The van der Waals surface area contributed by atoms with Gasteiger partial charge in [0.05, 0.1) is 28.3 Å². The molecule has 3 heterocycles.